The second kappa shape index (κ2) is 11.8. The zero-order chi connectivity index (χ0) is 21.9. The molecule has 0 fully saturated rings. The third-order valence-corrected chi connectivity index (χ3v) is 4.48. The van der Waals surface area contributed by atoms with Crippen LogP contribution in [-0.2, 0) is 0 Å². The Hall–Kier alpha value is -3.29. The fourth-order valence-electron chi connectivity index (χ4n) is 2.62. The van der Waals surface area contributed by atoms with Crippen LogP contribution in [0.3, 0.4) is 0 Å². The highest BCUT2D eigenvalue weighted by Gasteiger charge is 2.11. The Labute approximate surface area is 191 Å². The molecule has 6 nitrogen and oxygen atoms in total. The average Bonchev–Trinajstić information content (AvgIpc) is 2.79. The highest BCUT2D eigenvalue weighted by atomic mass is 35.5. The highest BCUT2D eigenvalue weighted by Crippen LogP contribution is 2.36. The Kier molecular flexibility index (Phi) is 8.51. The Bertz CT molecular complexity index is 1020. The minimum absolute atomic E-state index is 0.319. The number of nitrogens with one attached hydrogen (secondary N) is 2. The molecule has 31 heavy (non-hydrogen) atoms. The highest BCUT2D eigenvalue weighted by molar-refractivity contribution is 7.80. The number of methoxy groups -OCH3 is 1. The molecule has 0 atom stereocenters. The fourth-order valence-corrected chi connectivity index (χ4v) is 3.06. The molecule has 0 radical (unpaired) electrons. The van der Waals surface area contributed by atoms with Gasteiger partial charge in [-0.25, -0.2) is 0 Å². The number of benzene rings is 3. The van der Waals surface area contributed by atoms with Crippen LogP contribution in [0.2, 0.25) is 5.02 Å². The molecular weight excluding hydrogens is 434 g/mol. The maximum Gasteiger partial charge on any atom is 0.191 e. The minimum atomic E-state index is 0.319. The first kappa shape index (κ1) is 22.4. The number of hydrogen-bond acceptors (Lipinski definition) is 5. The van der Waals surface area contributed by atoms with Crippen LogP contribution < -0.4 is 25.0 Å². The number of halogens is 1. The standard InChI is InChI=1S/C23H22ClN3O3S/c1-28-21-15-17(16-25-27-23(31)26-18-8-4-2-5-9-18)14-20(24)22(21)30-13-12-29-19-10-6-3-7-11-19/h2-11,14-16H,12-13H2,1H3,(H2,26,27,31). The number of anilines is 1. The first-order valence-electron chi connectivity index (χ1n) is 9.49. The van der Waals surface area contributed by atoms with Crippen molar-refractivity contribution in [3.63, 3.8) is 0 Å². The van der Waals surface area contributed by atoms with E-state index >= 15 is 0 Å². The molecule has 0 bridgehead atoms. The van der Waals surface area contributed by atoms with Crippen LogP contribution >= 0.6 is 23.8 Å². The SMILES string of the molecule is COc1cc(C=NNC(=S)Nc2ccccc2)cc(Cl)c1OCCOc1ccccc1. The van der Waals surface area contributed by atoms with Gasteiger partial charge >= 0.3 is 0 Å². The Morgan fingerprint density at radius 1 is 1.00 bits per heavy atom. The van der Waals surface area contributed by atoms with Gasteiger partial charge in [-0.3, -0.25) is 5.43 Å². The summed E-state index contributed by atoms with van der Waals surface area (Å²) in [4.78, 5) is 0. The number of ether oxygens (including phenoxy) is 3. The van der Waals surface area contributed by atoms with Gasteiger partial charge in [-0.2, -0.15) is 5.10 Å². The molecule has 0 aromatic heterocycles. The van der Waals surface area contributed by atoms with Gasteiger partial charge in [0.15, 0.2) is 16.6 Å². The molecule has 0 aliphatic heterocycles. The summed E-state index contributed by atoms with van der Waals surface area (Å²) in [7, 11) is 1.55. The van der Waals surface area contributed by atoms with E-state index in [9.17, 15) is 0 Å². The van der Waals surface area contributed by atoms with Crippen LogP contribution in [0.4, 0.5) is 5.69 Å². The number of hydrazone groups is 1. The smallest absolute Gasteiger partial charge is 0.191 e. The van der Waals surface area contributed by atoms with E-state index in [0.29, 0.717) is 34.8 Å². The molecule has 0 spiro atoms. The molecule has 0 amide bonds. The van der Waals surface area contributed by atoms with Gasteiger partial charge in [0.25, 0.3) is 0 Å². The van der Waals surface area contributed by atoms with Crippen molar-refractivity contribution in [2.75, 3.05) is 25.6 Å². The van der Waals surface area contributed by atoms with Crippen LogP contribution in [0, 0.1) is 0 Å². The number of hydrogen-bond donors (Lipinski definition) is 2. The summed E-state index contributed by atoms with van der Waals surface area (Å²) >= 11 is 11.6. The van der Waals surface area contributed by atoms with Crippen LogP contribution in [-0.4, -0.2) is 31.7 Å². The van der Waals surface area contributed by atoms with Crippen LogP contribution in [0.1, 0.15) is 5.56 Å². The summed E-state index contributed by atoms with van der Waals surface area (Å²) < 4.78 is 16.8. The van der Waals surface area contributed by atoms with Gasteiger partial charge in [0.05, 0.1) is 18.3 Å². The second-order valence-electron chi connectivity index (χ2n) is 6.23. The van der Waals surface area contributed by atoms with Gasteiger partial charge in [0.2, 0.25) is 0 Å². The molecule has 3 aromatic rings. The third kappa shape index (κ3) is 7.16. The topological polar surface area (TPSA) is 64.1 Å². The lowest BCUT2D eigenvalue weighted by atomic mass is 10.2. The molecular formula is C23H22ClN3O3S. The Balaban J connectivity index is 1.54. The molecule has 3 rings (SSSR count). The van der Waals surface area contributed by atoms with Crippen molar-refractivity contribution >= 4 is 40.8 Å². The predicted molar refractivity (Wildman–Crippen MR) is 129 cm³/mol. The average molecular weight is 456 g/mol. The van der Waals surface area contributed by atoms with Crippen LogP contribution in [0.25, 0.3) is 0 Å². The quantitative estimate of drug-likeness (QED) is 0.202. The molecule has 0 aliphatic carbocycles. The molecule has 0 heterocycles. The number of thiocarbonyl (C=S) groups is 1. The van der Waals surface area contributed by atoms with Crippen molar-refractivity contribution in [3.8, 4) is 17.2 Å². The van der Waals surface area contributed by atoms with E-state index in [1.807, 2.05) is 60.7 Å². The van der Waals surface area contributed by atoms with Crippen molar-refractivity contribution < 1.29 is 14.2 Å². The van der Waals surface area contributed by atoms with E-state index in [-0.39, 0.29) is 0 Å². The molecule has 3 aromatic carbocycles. The fraction of sp³-hybridized carbons (Fsp3) is 0.130. The van der Waals surface area contributed by atoms with E-state index in [4.69, 9.17) is 38.0 Å². The van der Waals surface area contributed by atoms with E-state index in [1.165, 1.54) is 0 Å². The minimum Gasteiger partial charge on any atom is -0.493 e. The first-order valence-corrected chi connectivity index (χ1v) is 10.3. The zero-order valence-electron chi connectivity index (χ0n) is 16.9. The van der Waals surface area contributed by atoms with Crippen molar-refractivity contribution in [1.82, 2.24) is 5.43 Å². The summed E-state index contributed by atoms with van der Waals surface area (Å²) in [6.45, 7) is 0.696. The van der Waals surface area contributed by atoms with Gasteiger partial charge in [-0.1, -0.05) is 48.0 Å². The molecule has 8 heteroatoms. The van der Waals surface area contributed by atoms with Crippen LogP contribution in [0.5, 0.6) is 17.2 Å². The summed E-state index contributed by atoms with van der Waals surface area (Å²) in [5, 5.41) is 7.96. The van der Waals surface area contributed by atoms with E-state index in [1.54, 1.807) is 25.5 Å². The van der Waals surface area contributed by atoms with E-state index in [2.05, 4.69) is 15.8 Å². The third-order valence-electron chi connectivity index (χ3n) is 4.00. The van der Waals surface area contributed by atoms with Gasteiger partial charge in [-0.05, 0) is 54.2 Å². The molecule has 0 saturated carbocycles. The maximum atomic E-state index is 6.39. The first-order chi connectivity index (χ1) is 15.2. The van der Waals surface area contributed by atoms with Crippen LogP contribution in [0.15, 0.2) is 77.9 Å². The number of para-hydroxylation sites is 2. The predicted octanol–water partition coefficient (Wildman–Crippen LogP) is 5.13. The Morgan fingerprint density at radius 3 is 2.39 bits per heavy atom. The lowest BCUT2D eigenvalue weighted by molar-refractivity contribution is 0.211. The molecule has 0 unspecified atom stereocenters. The Morgan fingerprint density at radius 2 is 1.68 bits per heavy atom. The van der Waals surface area contributed by atoms with Crippen molar-refractivity contribution in [3.05, 3.63) is 83.4 Å². The normalized spacial score (nSPS) is 10.5. The monoisotopic (exact) mass is 455 g/mol. The lowest BCUT2D eigenvalue weighted by Crippen LogP contribution is -2.23. The van der Waals surface area contributed by atoms with Gasteiger partial charge in [0.1, 0.15) is 19.0 Å². The summed E-state index contributed by atoms with van der Waals surface area (Å²) in [5.41, 5.74) is 4.37. The largest absolute Gasteiger partial charge is 0.493 e. The molecule has 0 aliphatic rings. The van der Waals surface area contributed by atoms with Gasteiger partial charge < -0.3 is 19.5 Å². The molecule has 160 valence electrons. The summed E-state index contributed by atoms with van der Waals surface area (Å²) in [5.74, 6) is 1.73. The lowest BCUT2D eigenvalue weighted by Gasteiger charge is -2.14. The van der Waals surface area contributed by atoms with Gasteiger partial charge in [0, 0.05) is 5.69 Å². The van der Waals surface area contributed by atoms with E-state index in [0.717, 1.165) is 17.0 Å². The molecule has 2 N–H and O–H groups in total. The van der Waals surface area contributed by atoms with Crippen molar-refractivity contribution in [1.29, 1.82) is 0 Å². The van der Waals surface area contributed by atoms with Crippen molar-refractivity contribution in [2.24, 2.45) is 5.10 Å². The molecule has 0 saturated heterocycles. The van der Waals surface area contributed by atoms with E-state index < -0.39 is 0 Å². The second-order valence-corrected chi connectivity index (χ2v) is 7.05. The summed E-state index contributed by atoms with van der Waals surface area (Å²) in [6.07, 6.45) is 1.59. The van der Waals surface area contributed by atoms with Gasteiger partial charge in [-0.15, -0.1) is 0 Å². The zero-order valence-corrected chi connectivity index (χ0v) is 18.5. The maximum absolute atomic E-state index is 6.39. The number of rotatable bonds is 9. The number of nitrogens with zero attached hydrogens (tertiary/aromatic N) is 1. The van der Waals surface area contributed by atoms with Crippen molar-refractivity contribution in [2.45, 2.75) is 0 Å². The summed E-state index contributed by atoms with van der Waals surface area (Å²) in [6, 6.07) is 22.6.